The van der Waals surface area contributed by atoms with Crippen LogP contribution in [0.3, 0.4) is 0 Å². The van der Waals surface area contributed by atoms with Gasteiger partial charge in [-0.1, -0.05) is 26.0 Å². The lowest BCUT2D eigenvalue weighted by Crippen LogP contribution is -2.64. The Bertz CT molecular complexity index is 781. The molecule has 0 spiro atoms. The van der Waals surface area contributed by atoms with Gasteiger partial charge in [-0.25, -0.2) is 13.1 Å². The van der Waals surface area contributed by atoms with Gasteiger partial charge in [-0.05, 0) is 24.0 Å². The quantitative estimate of drug-likeness (QED) is 0.902. The van der Waals surface area contributed by atoms with Gasteiger partial charge in [0, 0.05) is 35.2 Å². The maximum absolute atomic E-state index is 12.7. The van der Waals surface area contributed by atoms with Crippen LogP contribution < -0.4 is 10.5 Å². The number of hydrogen-bond acceptors (Lipinski definition) is 4. The van der Waals surface area contributed by atoms with Gasteiger partial charge in [0.15, 0.2) is 0 Å². The monoisotopic (exact) mass is 305 g/mol. The number of benzene rings is 1. The highest BCUT2D eigenvalue weighted by atomic mass is 32.2. The number of nitrogens with zero attached hydrogens (tertiary/aromatic N) is 1. The van der Waals surface area contributed by atoms with Crippen molar-refractivity contribution in [2.24, 2.45) is 11.1 Å². The first-order valence-electron chi connectivity index (χ1n) is 6.93. The maximum Gasteiger partial charge on any atom is 0.241 e. The molecule has 1 fully saturated rings. The van der Waals surface area contributed by atoms with Crippen molar-refractivity contribution in [3.05, 3.63) is 36.7 Å². The number of aromatic nitrogens is 1. The third-order valence-electron chi connectivity index (χ3n) is 4.57. The lowest BCUT2D eigenvalue weighted by atomic mass is 9.64. The van der Waals surface area contributed by atoms with E-state index < -0.39 is 10.0 Å². The second kappa shape index (κ2) is 4.76. The zero-order valence-electron chi connectivity index (χ0n) is 12.1. The van der Waals surface area contributed by atoms with Crippen LogP contribution in [0, 0.1) is 5.41 Å². The Hall–Kier alpha value is -1.50. The summed E-state index contributed by atoms with van der Waals surface area (Å²) in [6.07, 6.45) is 3.93. The van der Waals surface area contributed by atoms with Crippen LogP contribution in [0.1, 0.15) is 20.3 Å². The Labute approximate surface area is 124 Å². The molecular formula is C15H19N3O2S. The molecule has 2 aromatic rings. The number of hydrogen-bond donors (Lipinski definition) is 2. The summed E-state index contributed by atoms with van der Waals surface area (Å²) in [7, 11) is -3.57. The summed E-state index contributed by atoms with van der Waals surface area (Å²) in [5.74, 6) is 0. The van der Waals surface area contributed by atoms with Crippen LogP contribution >= 0.6 is 0 Å². The average Bonchev–Trinajstić information content (AvgIpc) is 2.46. The van der Waals surface area contributed by atoms with Crippen molar-refractivity contribution in [3.8, 4) is 0 Å². The largest absolute Gasteiger partial charge is 0.327 e. The predicted octanol–water partition coefficient (Wildman–Crippen LogP) is 1.64. The molecule has 2 unspecified atom stereocenters. The Balaban J connectivity index is 1.98. The highest BCUT2D eigenvalue weighted by Gasteiger charge is 2.47. The molecule has 1 aliphatic rings. The summed E-state index contributed by atoms with van der Waals surface area (Å²) >= 11 is 0. The van der Waals surface area contributed by atoms with E-state index in [2.05, 4.69) is 9.71 Å². The van der Waals surface area contributed by atoms with Crippen LogP contribution in [0.5, 0.6) is 0 Å². The summed E-state index contributed by atoms with van der Waals surface area (Å²) in [6.45, 7) is 3.97. The van der Waals surface area contributed by atoms with E-state index in [0.717, 1.165) is 5.39 Å². The van der Waals surface area contributed by atoms with Crippen LogP contribution in [-0.2, 0) is 10.0 Å². The van der Waals surface area contributed by atoms with E-state index in [-0.39, 0.29) is 17.5 Å². The number of sulfonamides is 1. The van der Waals surface area contributed by atoms with Crippen molar-refractivity contribution in [2.75, 3.05) is 0 Å². The molecule has 1 aromatic carbocycles. The van der Waals surface area contributed by atoms with E-state index in [1.807, 2.05) is 19.9 Å². The van der Waals surface area contributed by atoms with E-state index in [1.54, 1.807) is 30.6 Å². The molecule has 6 heteroatoms. The summed E-state index contributed by atoms with van der Waals surface area (Å²) in [5.41, 5.74) is 5.73. The fourth-order valence-corrected chi connectivity index (χ4v) is 4.37. The van der Waals surface area contributed by atoms with E-state index in [9.17, 15) is 8.42 Å². The van der Waals surface area contributed by atoms with Gasteiger partial charge in [0.05, 0.1) is 4.90 Å². The van der Waals surface area contributed by atoms with Crippen LogP contribution in [-0.4, -0.2) is 25.5 Å². The van der Waals surface area contributed by atoms with Gasteiger partial charge in [-0.2, -0.15) is 0 Å². The minimum absolute atomic E-state index is 0.0296. The van der Waals surface area contributed by atoms with Crippen molar-refractivity contribution in [2.45, 2.75) is 37.2 Å². The molecule has 21 heavy (non-hydrogen) atoms. The second-order valence-corrected chi connectivity index (χ2v) is 7.87. The van der Waals surface area contributed by atoms with E-state index >= 15 is 0 Å². The van der Waals surface area contributed by atoms with Gasteiger partial charge in [0.2, 0.25) is 10.0 Å². The maximum atomic E-state index is 12.7. The fourth-order valence-electron chi connectivity index (χ4n) is 2.74. The summed E-state index contributed by atoms with van der Waals surface area (Å²) in [4.78, 5) is 4.32. The first kappa shape index (κ1) is 14.4. The molecule has 1 aromatic heterocycles. The van der Waals surface area contributed by atoms with Crippen LogP contribution in [0.2, 0.25) is 0 Å². The molecule has 112 valence electrons. The van der Waals surface area contributed by atoms with Gasteiger partial charge in [-0.15, -0.1) is 0 Å². The summed E-state index contributed by atoms with van der Waals surface area (Å²) in [5, 5.41) is 1.49. The molecule has 5 nitrogen and oxygen atoms in total. The van der Waals surface area contributed by atoms with Crippen molar-refractivity contribution >= 4 is 20.8 Å². The van der Waals surface area contributed by atoms with Crippen molar-refractivity contribution in [1.82, 2.24) is 9.71 Å². The number of pyridine rings is 1. The second-order valence-electron chi connectivity index (χ2n) is 6.19. The van der Waals surface area contributed by atoms with Crippen LogP contribution in [0.4, 0.5) is 0 Å². The van der Waals surface area contributed by atoms with Crippen LogP contribution in [0.25, 0.3) is 10.8 Å². The number of nitrogens with one attached hydrogen (secondary N) is 1. The Morgan fingerprint density at radius 2 is 2.10 bits per heavy atom. The first-order valence-corrected chi connectivity index (χ1v) is 8.41. The zero-order valence-corrected chi connectivity index (χ0v) is 12.9. The Kier molecular flexibility index (Phi) is 3.27. The highest BCUT2D eigenvalue weighted by Crippen LogP contribution is 2.40. The third-order valence-corrected chi connectivity index (χ3v) is 6.10. The van der Waals surface area contributed by atoms with Crippen molar-refractivity contribution < 1.29 is 8.42 Å². The predicted molar refractivity (Wildman–Crippen MR) is 82.2 cm³/mol. The number of fused-ring (bicyclic) bond motifs is 1. The molecule has 3 N–H and O–H groups in total. The zero-order chi connectivity index (χ0) is 15.3. The Morgan fingerprint density at radius 3 is 2.76 bits per heavy atom. The topological polar surface area (TPSA) is 85.1 Å². The van der Waals surface area contributed by atoms with E-state index in [0.29, 0.717) is 16.7 Å². The van der Waals surface area contributed by atoms with Gasteiger partial charge in [-0.3, -0.25) is 4.98 Å². The molecule has 1 heterocycles. The lowest BCUT2D eigenvalue weighted by molar-refractivity contribution is 0.0904. The molecule has 3 rings (SSSR count). The number of nitrogens with two attached hydrogens (primary N) is 1. The normalized spacial score (nSPS) is 24.7. The molecule has 0 radical (unpaired) electrons. The molecular weight excluding hydrogens is 286 g/mol. The molecule has 0 saturated heterocycles. The molecule has 2 atom stereocenters. The van der Waals surface area contributed by atoms with Gasteiger partial charge in [0.25, 0.3) is 0 Å². The lowest BCUT2D eigenvalue weighted by Gasteiger charge is -2.50. The summed E-state index contributed by atoms with van der Waals surface area (Å²) in [6, 6.07) is 6.83. The van der Waals surface area contributed by atoms with Crippen LogP contribution in [0.15, 0.2) is 41.6 Å². The third kappa shape index (κ3) is 2.33. The summed E-state index contributed by atoms with van der Waals surface area (Å²) < 4.78 is 28.1. The molecule has 1 aliphatic carbocycles. The van der Waals surface area contributed by atoms with Gasteiger partial charge < -0.3 is 5.73 Å². The fraction of sp³-hybridized carbons (Fsp3) is 0.400. The molecule has 0 aliphatic heterocycles. The first-order chi connectivity index (χ1) is 9.82. The van der Waals surface area contributed by atoms with Gasteiger partial charge in [0.1, 0.15) is 0 Å². The minimum atomic E-state index is -3.57. The van der Waals surface area contributed by atoms with E-state index in [4.69, 9.17) is 5.73 Å². The van der Waals surface area contributed by atoms with Gasteiger partial charge >= 0.3 is 0 Å². The van der Waals surface area contributed by atoms with Crippen molar-refractivity contribution in [3.63, 3.8) is 0 Å². The molecule has 1 saturated carbocycles. The molecule has 0 bridgehead atoms. The average molecular weight is 305 g/mol. The smallest absolute Gasteiger partial charge is 0.241 e. The molecule has 0 amide bonds. The van der Waals surface area contributed by atoms with E-state index in [1.165, 1.54) is 0 Å². The minimum Gasteiger partial charge on any atom is -0.327 e. The Morgan fingerprint density at radius 1 is 1.33 bits per heavy atom. The number of rotatable bonds is 3. The SMILES string of the molecule is CC1(C)C(N)CC1NS(=O)(=O)c1cccc2cnccc12. The van der Waals surface area contributed by atoms with Crippen molar-refractivity contribution in [1.29, 1.82) is 0 Å². The standard InChI is InChI=1S/C15H19N3O2S/c1-15(2)13(16)8-14(15)18-21(19,20)12-5-3-4-10-9-17-7-6-11(10)12/h3-7,9,13-14,18H,8,16H2,1-2H3. The highest BCUT2D eigenvalue weighted by molar-refractivity contribution is 7.89.